The molecule has 156 valence electrons. The quantitative estimate of drug-likeness (QED) is 0.574. The van der Waals surface area contributed by atoms with E-state index in [4.69, 9.17) is 5.73 Å². The predicted molar refractivity (Wildman–Crippen MR) is 118 cm³/mol. The van der Waals surface area contributed by atoms with E-state index in [1.807, 2.05) is 6.92 Å². The molecule has 0 unspecified atom stereocenters. The molecule has 5 nitrogen and oxygen atoms in total. The molecular weight excluding hydrogens is 362 g/mol. The Morgan fingerprint density at radius 2 is 1.62 bits per heavy atom. The number of rotatable bonds is 10. The number of anilines is 1. The maximum atomic E-state index is 12.7. The van der Waals surface area contributed by atoms with Crippen LogP contribution < -0.4 is 16.4 Å². The molecule has 0 saturated heterocycles. The number of amides is 2. The summed E-state index contributed by atoms with van der Waals surface area (Å²) in [7, 11) is 0. The zero-order valence-corrected chi connectivity index (χ0v) is 17.9. The maximum absolute atomic E-state index is 12.7. The monoisotopic (exact) mass is 396 g/mol. The number of carbonyl (C=O) groups excluding carboxylic acids is 2. The lowest BCUT2D eigenvalue weighted by Crippen LogP contribution is -2.93. The summed E-state index contributed by atoms with van der Waals surface area (Å²) in [6.45, 7) is 8.48. The van der Waals surface area contributed by atoms with E-state index in [0.29, 0.717) is 17.2 Å². The van der Waals surface area contributed by atoms with Gasteiger partial charge in [0.25, 0.3) is 5.91 Å². The fraction of sp³-hybridized carbons (Fsp3) is 0.417. The summed E-state index contributed by atoms with van der Waals surface area (Å²) in [4.78, 5) is 23.8. The van der Waals surface area contributed by atoms with Crippen molar-refractivity contribution in [2.75, 3.05) is 5.32 Å². The van der Waals surface area contributed by atoms with E-state index in [0.717, 1.165) is 6.42 Å². The Bertz CT molecular complexity index is 798. The highest BCUT2D eigenvalue weighted by atomic mass is 16.2. The van der Waals surface area contributed by atoms with Crippen LogP contribution in [0.15, 0.2) is 48.5 Å². The molecule has 0 aliphatic carbocycles. The largest absolute Gasteiger partial charge is 0.366 e. The van der Waals surface area contributed by atoms with Gasteiger partial charge in [-0.05, 0) is 49.6 Å². The third kappa shape index (κ3) is 6.71. The summed E-state index contributed by atoms with van der Waals surface area (Å²) < 4.78 is 0. The standard InChI is InChI=1S/C24H33N3O2/c1-5-6-7-18-8-10-19(11-9-18)22(16(2)3)26-17(4)24(29)27-21-14-12-20(13-15-21)23(25)28/h8-17,22,26H,5-7H2,1-4H3,(H2,25,28)(H,27,29)/p+1/t17-,22-/m0/s1. The Hall–Kier alpha value is -2.66. The van der Waals surface area contributed by atoms with Crippen LogP contribution in [0, 0.1) is 5.92 Å². The minimum absolute atomic E-state index is 0.0676. The van der Waals surface area contributed by atoms with Crippen molar-refractivity contribution in [3.8, 4) is 0 Å². The van der Waals surface area contributed by atoms with Crippen molar-refractivity contribution < 1.29 is 14.9 Å². The molecule has 2 amide bonds. The van der Waals surface area contributed by atoms with Crippen molar-refractivity contribution in [3.05, 3.63) is 65.2 Å². The van der Waals surface area contributed by atoms with Gasteiger partial charge >= 0.3 is 0 Å². The van der Waals surface area contributed by atoms with Gasteiger partial charge in [-0.3, -0.25) is 9.59 Å². The molecule has 0 aliphatic heterocycles. The Morgan fingerprint density at radius 3 is 2.14 bits per heavy atom. The number of carbonyl (C=O) groups is 2. The summed E-state index contributed by atoms with van der Waals surface area (Å²) in [6, 6.07) is 15.4. The van der Waals surface area contributed by atoms with E-state index >= 15 is 0 Å². The fourth-order valence-corrected chi connectivity index (χ4v) is 3.38. The lowest BCUT2D eigenvalue weighted by atomic mass is 9.93. The molecule has 2 atom stereocenters. The molecule has 0 bridgehead atoms. The van der Waals surface area contributed by atoms with Crippen molar-refractivity contribution in [3.63, 3.8) is 0 Å². The normalized spacial score (nSPS) is 13.1. The zero-order chi connectivity index (χ0) is 21.4. The second kappa shape index (κ2) is 10.8. The van der Waals surface area contributed by atoms with Crippen LogP contribution in [0.2, 0.25) is 0 Å². The molecule has 5 heteroatoms. The Kier molecular flexibility index (Phi) is 8.40. The highest BCUT2D eigenvalue weighted by Crippen LogP contribution is 2.19. The van der Waals surface area contributed by atoms with Crippen molar-refractivity contribution in [1.82, 2.24) is 0 Å². The Labute approximate surface area is 174 Å². The van der Waals surface area contributed by atoms with E-state index < -0.39 is 5.91 Å². The van der Waals surface area contributed by atoms with Gasteiger partial charge in [0, 0.05) is 22.7 Å². The first kappa shape index (κ1) is 22.6. The molecule has 0 heterocycles. The van der Waals surface area contributed by atoms with Gasteiger partial charge in [0.2, 0.25) is 5.91 Å². The number of nitrogens with one attached hydrogen (secondary N) is 1. The van der Waals surface area contributed by atoms with Crippen LogP contribution in [0.5, 0.6) is 0 Å². The Morgan fingerprint density at radius 1 is 1.00 bits per heavy atom. The van der Waals surface area contributed by atoms with Crippen LogP contribution in [0.1, 0.15) is 68.1 Å². The fourth-order valence-electron chi connectivity index (χ4n) is 3.38. The van der Waals surface area contributed by atoms with Gasteiger partial charge in [-0.1, -0.05) is 51.5 Å². The number of quaternary nitrogens is 1. The Balaban J connectivity index is 2.01. The molecule has 0 aliphatic rings. The minimum atomic E-state index is -0.481. The molecule has 2 aromatic carbocycles. The first-order valence-electron chi connectivity index (χ1n) is 10.5. The molecule has 0 aromatic heterocycles. The topological polar surface area (TPSA) is 88.8 Å². The van der Waals surface area contributed by atoms with Crippen LogP contribution in [-0.4, -0.2) is 17.9 Å². The average Bonchev–Trinajstić information content (AvgIpc) is 2.70. The number of benzene rings is 2. The van der Waals surface area contributed by atoms with Gasteiger partial charge in [-0.25, -0.2) is 0 Å². The molecular formula is C24H34N3O2+. The summed E-state index contributed by atoms with van der Waals surface area (Å²) in [6.07, 6.45) is 3.51. The van der Waals surface area contributed by atoms with Gasteiger partial charge in [0.15, 0.2) is 6.04 Å². The molecule has 2 rings (SSSR count). The highest BCUT2D eigenvalue weighted by Gasteiger charge is 2.26. The first-order chi connectivity index (χ1) is 13.8. The number of unbranched alkanes of at least 4 members (excludes halogenated alkanes) is 1. The molecule has 0 radical (unpaired) electrons. The number of hydrogen-bond donors (Lipinski definition) is 3. The van der Waals surface area contributed by atoms with Gasteiger partial charge < -0.3 is 16.4 Å². The smallest absolute Gasteiger partial charge is 0.282 e. The third-order valence-electron chi connectivity index (χ3n) is 5.25. The second-order valence-corrected chi connectivity index (χ2v) is 8.03. The van der Waals surface area contributed by atoms with Crippen molar-refractivity contribution >= 4 is 17.5 Å². The highest BCUT2D eigenvalue weighted by molar-refractivity contribution is 5.95. The van der Waals surface area contributed by atoms with E-state index in [1.165, 1.54) is 24.0 Å². The number of aryl methyl sites for hydroxylation is 1. The summed E-state index contributed by atoms with van der Waals surface area (Å²) in [5.41, 5.74) is 8.93. The zero-order valence-electron chi connectivity index (χ0n) is 17.9. The molecule has 0 fully saturated rings. The molecule has 29 heavy (non-hydrogen) atoms. The van der Waals surface area contributed by atoms with E-state index in [-0.39, 0.29) is 18.0 Å². The number of nitrogens with two attached hydrogens (primary N) is 2. The third-order valence-corrected chi connectivity index (χ3v) is 5.25. The van der Waals surface area contributed by atoms with E-state index in [2.05, 4.69) is 55.7 Å². The van der Waals surface area contributed by atoms with Crippen molar-refractivity contribution in [1.29, 1.82) is 0 Å². The van der Waals surface area contributed by atoms with Gasteiger partial charge in [-0.2, -0.15) is 0 Å². The number of hydrogen-bond acceptors (Lipinski definition) is 2. The predicted octanol–water partition coefficient (Wildman–Crippen LogP) is 3.42. The minimum Gasteiger partial charge on any atom is -0.366 e. The average molecular weight is 397 g/mol. The van der Waals surface area contributed by atoms with Gasteiger partial charge in [-0.15, -0.1) is 0 Å². The summed E-state index contributed by atoms with van der Waals surface area (Å²) >= 11 is 0. The van der Waals surface area contributed by atoms with Crippen LogP contribution in [0.3, 0.4) is 0 Å². The summed E-state index contributed by atoms with van der Waals surface area (Å²) in [5.74, 6) is -0.159. The maximum Gasteiger partial charge on any atom is 0.282 e. The first-order valence-corrected chi connectivity index (χ1v) is 10.5. The van der Waals surface area contributed by atoms with Gasteiger partial charge in [0.1, 0.15) is 6.04 Å². The lowest BCUT2D eigenvalue weighted by Gasteiger charge is -2.23. The number of primary amides is 1. The molecule has 0 saturated carbocycles. The van der Waals surface area contributed by atoms with Crippen molar-refractivity contribution in [2.45, 2.75) is 59.0 Å². The van der Waals surface area contributed by atoms with Crippen LogP contribution >= 0.6 is 0 Å². The SMILES string of the molecule is CCCCc1ccc([C@@H]([NH2+][C@@H](C)C(=O)Nc2ccc(C(N)=O)cc2)C(C)C)cc1. The van der Waals surface area contributed by atoms with Crippen molar-refractivity contribution in [2.24, 2.45) is 11.7 Å². The van der Waals surface area contributed by atoms with Gasteiger partial charge in [0.05, 0.1) is 0 Å². The second-order valence-electron chi connectivity index (χ2n) is 8.03. The van der Waals surface area contributed by atoms with Crippen LogP contribution in [-0.2, 0) is 11.2 Å². The van der Waals surface area contributed by atoms with Crippen LogP contribution in [0.4, 0.5) is 5.69 Å². The summed E-state index contributed by atoms with van der Waals surface area (Å²) in [5, 5.41) is 5.04. The van der Waals surface area contributed by atoms with E-state index in [1.54, 1.807) is 24.3 Å². The molecule has 2 aromatic rings. The molecule has 0 spiro atoms. The lowest BCUT2D eigenvalue weighted by molar-refractivity contribution is -0.718. The van der Waals surface area contributed by atoms with Crippen LogP contribution in [0.25, 0.3) is 0 Å². The molecule has 5 N–H and O–H groups in total. The van der Waals surface area contributed by atoms with E-state index in [9.17, 15) is 9.59 Å².